The lowest BCUT2D eigenvalue weighted by atomic mass is 10.2. The normalized spacial score (nSPS) is 13.8. The van der Waals surface area contributed by atoms with E-state index in [1.807, 2.05) is 11.6 Å². The Balaban J connectivity index is 3.34. The van der Waals surface area contributed by atoms with E-state index in [9.17, 15) is 0 Å². The maximum absolute atomic E-state index is 4.27. The van der Waals surface area contributed by atoms with Crippen LogP contribution in [0.4, 0.5) is 0 Å². The van der Waals surface area contributed by atoms with Gasteiger partial charge < -0.3 is 0 Å². The maximum atomic E-state index is 4.27. The van der Waals surface area contributed by atoms with Crippen molar-refractivity contribution < 1.29 is 0 Å². The third-order valence-corrected chi connectivity index (χ3v) is 1.67. The first-order valence-corrected chi connectivity index (χ1v) is 4.60. The third kappa shape index (κ3) is 5.89. The first-order valence-electron chi connectivity index (χ1n) is 3.55. The van der Waals surface area contributed by atoms with Gasteiger partial charge in [-0.1, -0.05) is 13.0 Å². The van der Waals surface area contributed by atoms with E-state index >= 15 is 0 Å². The molecule has 0 aromatic carbocycles. The Hall–Kier alpha value is -0.240. The van der Waals surface area contributed by atoms with Crippen molar-refractivity contribution in [3.63, 3.8) is 0 Å². The Bertz CT molecular complexity index is 110. The zero-order valence-electron chi connectivity index (χ0n) is 6.71. The summed E-state index contributed by atoms with van der Waals surface area (Å²) in [5, 5.41) is 0. The van der Waals surface area contributed by atoms with Gasteiger partial charge in [-0.05, 0) is 19.1 Å². The Morgan fingerprint density at radius 2 is 2.40 bits per heavy atom. The number of hydrogen-bond acceptors (Lipinski definition) is 2. The highest BCUT2D eigenvalue weighted by atomic mass is 32.2. The van der Waals surface area contributed by atoms with Crippen molar-refractivity contribution in [3.05, 3.63) is 12.7 Å². The van der Waals surface area contributed by atoms with Gasteiger partial charge in [0.1, 0.15) is 0 Å². The monoisotopic (exact) mass is 157 g/mol. The molecule has 0 N–H and O–H groups in total. The summed E-state index contributed by atoms with van der Waals surface area (Å²) in [7, 11) is 0. The molecule has 0 aromatic heterocycles. The van der Waals surface area contributed by atoms with Crippen molar-refractivity contribution in [2.45, 2.75) is 26.3 Å². The Morgan fingerprint density at radius 1 is 1.70 bits per heavy atom. The van der Waals surface area contributed by atoms with E-state index < -0.39 is 0 Å². The number of hydrogen-bond donors (Lipinski definition) is 0. The average molecular weight is 157 g/mol. The summed E-state index contributed by atoms with van der Waals surface area (Å²) in [5.41, 5.74) is 1.92. The van der Waals surface area contributed by atoms with Gasteiger partial charge >= 0.3 is 0 Å². The number of nitrogens with zero attached hydrogens (tertiary/aromatic N) is 1. The molecule has 0 radical (unpaired) electrons. The lowest BCUT2D eigenvalue weighted by Crippen LogP contribution is -1.94. The molecule has 0 fully saturated rings. The lowest BCUT2D eigenvalue weighted by molar-refractivity contribution is 0.766. The second-order valence-electron chi connectivity index (χ2n) is 2.08. The molecule has 0 saturated carbocycles. The molecule has 0 rings (SSSR count). The molecule has 1 nitrogen and oxygen atoms in total. The van der Waals surface area contributed by atoms with Gasteiger partial charge in [-0.2, -0.15) is 0 Å². The molecule has 0 spiro atoms. The van der Waals surface area contributed by atoms with Crippen LogP contribution >= 0.6 is 11.8 Å². The highest BCUT2D eigenvalue weighted by Crippen LogP contribution is 1.99. The average Bonchev–Trinajstić information content (AvgIpc) is 1.89. The van der Waals surface area contributed by atoms with Crippen LogP contribution in [0, 0.1) is 0 Å². The van der Waals surface area contributed by atoms with E-state index in [-0.39, 0.29) is 0 Å². The molecule has 1 atom stereocenters. The van der Waals surface area contributed by atoms with Crippen molar-refractivity contribution in [2.75, 3.05) is 5.75 Å². The first kappa shape index (κ1) is 9.76. The molecule has 0 aliphatic rings. The molecule has 0 bridgehead atoms. The lowest BCUT2D eigenvalue weighted by Gasteiger charge is -1.98. The van der Waals surface area contributed by atoms with Crippen LogP contribution in [0.3, 0.4) is 0 Å². The van der Waals surface area contributed by atoms with Gasteiger partial charge in [0.05, 0.1) is 11.6 Å². The summed E-state index contributed by atoms with van der Waals surface area (Å²) in [6.45, 7) is 7.86. The summed E-state index contributed by atoms with van der Waals surface area (Å²) in [5.74, 6) is 1.10. The summed E-state index contributed by atoms with van der Waals surface area (Å²) in [6.07, 6.45) is 2.87. The van der Waals surface area contributed by atoms with Crippen molar-refractivity contribution >= 4 is 17.3 Å². The van der Waals surface area contributed by atoms with Crippen LogP contribution in [0.2, 0.25) is 0 Å². The smallest absolute Gasteiger partial charge is 0.0544 e. The van der Waals surface area contributed by atoms with Gasteiger partial charge in [0, 0.05) is 0 Å². The molecular formula is C8H15NS. The quantitative estimate of drug-likeness (QED) is 0.339. The summed E-state index contributed by atoms with van der Waals surface area (Å²) < 4.78 is 0. The minimum Gasteiger partial charge on any atom is -0.283 e. The molecule has 10 heavy (non-hydrogen) atoms. The Kier molecular flexibility index (Phi) is 6.71. The summed E-state index contributed by atoms with van der Waals surface area (Å²) >= 11 is 1.74. The van der Waals surface area contributed by atoms with E-state index in [1.165, 1.54) is 0 Å². The number of aliphatic imine (C=N–C) groups is 1. The molecule has 2 heteroatoms. The number of rotatable bonds is 5. The van der Waals surface area contributed by atoms with Crippen LogP contribution < -0.4 is 0 Å². The van der Waals surface area contributed by atoms with Crippen LogP contribution in [-0.4, -0.2) is 17.3 Å². The van der Waals surface area contributed by atoms with Crippen molar-refractivity contribution in [1.82, 2.24) is 0 Å². The predicted molar refractivity (Wildman–Crippen MR) is 50.9 cm³/mol. The van der Waals surface area contributed by atoms with Crippen molar-refractivity contribution in [3.8, 4) is 0 Å². The zero-order valence-corrected chi connectivity index (χ0v) is 7.53. The standard InChI is InChI=1S/C8H15NS/c1-4-6-8(3)9-7-10-5-2/h4,7-8H,1,5-6H2,2-3H3. The highest BCUT2D eigenvalue weighted by Gasteiger charge is 1.90. The second kappa shape index (κ2) is 6.87. The molecule has 1 unspecified atom stereocenters. The second-order valence-corrected chi connectivity index (χ2v) is 3.20. The van der Waals surface area contributed by atoms with Gasteiger partial charge in [0.15, 0.2) is 0 Å². The van der Waals surface area contributed by atoms with Crippen LogP contribution in [-0.2, 0) is 0 Å². The summed E-state index contributed by atoms with van der Waals surface area (Å²) in [6, 6.07) is 0.400. The van der Waals surface area contributed by atoms with Crippen LogP contribution in [0.5, 0.6) is 0 Å². The summed E-state index contributed by atoms with van der Waals surface area (Å²) in [4.78, 5) is 4.27. The van der Waals surface area contributed by atoms with Gasteiger partial charge in [0.2, 0.25) is 0 Å². The fraction of sp³-hybridized carbons (Fsp3) is 0.625. The van der Waals surface area contributed by atoms with Crippen LogP contribution in [0.25, 0.3) is 0 Å². The van der Waals surface area contributed by atoms with Crippen molar-refractivity contribution in [1.29, 1.82) is 0 Å². The van der Waals surface area contributed by atoms with E-state index in [1.54, 1.807) is 11.8 Å². The Labute approximate surface area is 67.6 Å². The van der Waals surface area contributed by atoms with Gasteiger partial charge in [-0.15, -0.1) is 18.3 Å². The predicted octanol–water partition coefficient (Wildman–Crippen LogP) is 2.73. The van der Waals surface area contributed by atoms with E-state index in [2.05, 4.69) is 25.4 Å². The molecule has 0 heterocycles. The minimum atomic E-state index is 0.400. The highest BCUT2D eigenvalue weighted by molar-refractivity contribution is 8.12. The zero-order chi connectivity index (χ0) is 7.82. The molecule has 0 saturated heterocycles. The fourth-order valence-corrected chi connectivity index (χ4v) is 0.966. The molecule has 58 valence electrons. The van der Waals surface area contributed by atoms with Gasteiger partial charge in [-0.3, -0.25) is 4.99 Å². The molecule has 0 aromatic rings. The van der Waals surface area contributed by atoms with E-state index in [0.717, 1.165) is 12.2 Å². The molecule has 0 amide bonds. The third-order valence-electron chi connectivity index (χ3n) is 1.06. The fourth-order valence-electron chi connectivity index (χ4n) is 0.524. The molecule has 0 aliphatic heterocycles. The SMILES string of the molecule is C=CCC(C)N=CSCC. The van der Waals surface area contributed by atoms with E-state index in [4.69, 9.17) is 0 Å². The van der Waals surface area contributed by atoms with Crippen LogP contribution in [0.1, 0.15) is 20.3 Å². The maximum Gasteiger partial charge on any atom is 0.0544 e. The van der Waals surface area contributed by atoms with Crippen LogP contribution in [0.15, 0.2) is 17.6 Å². The van der Waals surface area contributed by atoms with Gasteiger partial charge in [-0.25, -0.2) is 0 Å². The van der Waals surface area contributed by atoms with Crippen molar-refractivity contribution in [2.24, 2.45) is 4.99 Å². The number of thioether (sulfide) groups is 1. The minimum absolute atomic E-state index is 0.400. The Morgan fingerprint density at radius 3 is 2.90 bits per heavy atom. The first-order chi connectivity index (χ1) is 4.81. The topological polar surface area (TPSA) is 12.4 Å². The van der Waals surface area contributed by atoms with Gasteiger partial charge in [0.25, 0.3) is 0 Å². The molecule has 0 aliphatic carbocycles. The largest absolute Gasteiger partial charge is 0.283 e. The molecular weight excluding hydrogens is 142 g/mol. The van der Waals surface area contributed by atoms with E-state index in [0.29, 0.717) is 6.04 Å².